The minimum absolute atomic E-state index is 0.708. The van der Waals surface area contributed by atoms with E-state index in [1.807, 2.05) is 6.92 Å². The molecule has 1 saturated heterocycles. The first-order valence-electron chi connectivity index (χ1n) is 5.57. The van der Waals surface area contributed by atoms with Crippen molar-refractivity contribution in [3.63, 3.8) is 0 Å². The SMILES string of the molecule is CC#CCCNC1CCN(C)C(C)C1. The molecule has 0 bridgehead atoms. The van der Waals surface area contributed by atoms with E-state index in [0.717, 1.165) is 19.0 Å². The van der Waals surface area contributed by atoms with Crippen LogP contribution in [0.2, 0.25) is 0 Å². The van der Waals surface area contributed by atoms with Gasteiger partial charge in [0.05, 0.1) is 0 Å². The number of nitrogens with one attached hydrogen (secondary N) is 1. The van der Waals surface area contributed by atoms with Crippen LogP contribution in [0.3, 0.4) is 0 Å². The summed E-state index contributed by atoms with van der Waals surface area (Å²) in [4.78, 5) is 2.43. The molecular weight excluding hydrogens is 172 g/mol. The maximum atomic E-state index is 3.58. The molecule has 1 fully saturated rings. The van der Waals surface area contributed by atoms with Gasteiger partial charge in [-0.15, -0.1) is 11.8 Å². The van der Waals surface area contributed by atoms with Crippen LogP contribution in [-0.4, -0.2) is 37.1 Å². The Morgan fingerprint density at radius 1 is 1.50 bits per heavy atom. The summed E-state index contributed by atoms with van der Waals surface area (Å²) >= 11 is 0. The van der Waals surface area contributed by atoms with Crippen molar-refractivity contribution in [3.8, 4) is 11.8 Å². The van der Waals surface area contributed by atoms with Crippen molar-refractivity contribution < 1.29 is 0 Å². The molecule has 1 aliphatic heterocycles. The minimum atomic E-state index is 0.708. The number of hydrogen-bond acceptors (Lipinski definition) is 2. The maximum absolute atomic E-state index is 3.58. The Morgan fingerprint density at radius 3 is 2.93 bits per heavy atom. The molecular formula is C12H22N2. The Kier molecular flexibility index (Phi) is 5.00. The van der Waals surface area contributed by atoms with E-state index in [2.05, 4.69) is 36.0 Å². The largest absolute Gasteiger partial charge is 0.313 e. The van der Waals surface area contributed by atoms with Crippen molar-refractivity contribution in [2.45, 2.75) is 45.2 Å². The van der Waals surface area contributed by atoms with E-state index in [0.29, 0.717) is 6.04 Å². The van der Waals surface area contributed by atoms with E-state index >= 15 is 0 Å². The second-order valence-corrected chi connectivity index (χ2v) is 4.18. The van der Waals surface area contributed by atoms with Crippen LogP contribution in [0, 0.1) is 11.8 Å². The molecule has 0 aromatic rings. The second kappa shape index (κ2) is 6.06. The summed E-state index contributed by atoms with van der Waals surface area (Å²) < 4.78 is 0. The molecule has 0 saturated carbocycles. The van der Waals surface area contributed by atoms with E-state index < -0.39 is 0 Å². The molecule has 0 spiro atoms. The highest BCUT2D eigenvalue weighted by Crippen LogP contribution is 2.14. The Balaban J connectivity index is 2.15. The number of hydrogen-bond donors (Lipinski definition) is 1. The molecule has 0 aromatic carbocycles. The average molecular weight is 194 g/mol. The van der Waals surface area contributed by atoms with Crippen molar-refractivity contribution in [3.05, 3.63) is 0 Å². The van der Waals surface area contributed by atoms with E-state index in [-0.39, 0.29) is 0 Å². The van der Waals surface area contributed by atoms with Gasteiger partial charge in [0.2, 0.25) is 0 Å². The third-order valence-electron chi connectivity index (χ3n) is 3.07. The summed E-state index contributed by atoms with van der Waals surface area (Å²) in [6, 6.07) is 1.43. The summed E-state index contributed by atoms with van der Waals surface area (Å²) in [6.07, 6.45) is 3.54. The lowest BCUT2D eigenvalue weighted by molar-refractivity contribution is 0.169. The minimum Gasteiger partial charge on any atom is -0.313 e. The van der Waals surface area contributed by atoms with Crippen molar-refractivity contribution in [1.29, 1.82) is 0 Å². The van der Waals surface area contributed by atoms with Crippen molar-refractivity contribution in [2.75, 3.05) is 20.1 Å². The Bertz CT molecular complexity index is 214. The summed E-state index contributed by atoms with van der Waals surface area (Å²) in [5.74, 6) is 6.01. The van der Waals surface area contributed by atoms with Gasteiger partial charge >= 0.3 is 0 Å². The molecule has 0 radical (unpaired) electrons. The fourth-order valence-electron chi connectivity index (χ4n) is 1.94. The zero-order chi connectivity index (χ0) is 10.4. The zero-order valence-electron chi connectivity index (χ0n) is 9.64. The van der Waals surface area contributed by atoms with Crippen LogP contribution < -0.4 is 5.32 Å². The Morgan fingerprint density at radius 2 is 2.29 bits per heavy atom. The lowest BCUT2D eigenvalue weighted by Crippen LogP contribution is -2.45. The maximum Gasteiger partial charge on any atom is 0.0214 e. The van der Waals surface area contributed by atoms with E-state index in [4.69, 9.17) is 0 Å². The lowest BCUT2D eigenvalue weighted by Gasteiger charge is -2.35. The molecule has 1 heterocycles. The van der Waals surface area contributed by atoms with Crippen LogP contribution >= 0.6 is 0 Å². The van der Waals surface area contributed by atoms with E-state index in [9.17, 15) is 0 Å². The summed E-state index contributed by atoms with van der Waals surface area (Å²) in [7, 11) is 2.21. The van der Waals surface area contributed by atoms with Crippen molar-refractivity contribution in [1.82, 2.24) is 10.2 Å². The average Bonchev–Trinajstić information content (AvgIpc) is 2.18. The number of rotatable bonds is 3. The summed E-state index contributed by atoms with van der Waals surface area (Å²) in [6.45, 7) is 6.47. The van der Waals surface area contributed by atoms with Gasteiger partial charge in [0.15, 0.2) is 0 Å². The molecule has 14 heavy (non-hydrogen) atoms. The van der Waals surface area contributed by atoms with Crippen molar-refractivity contribution in [2.24, 2.45) is 0 Å². The first-order chi connectivity index (χ1) is 6.74. The van der Waals surface area contributed by atoms with Gasteiger partial charge in [-0.1, -0.05) is 0 Å². The predicted molar refractivity (Wildman–Crippen MR) is 61.2 cm³/mol. The number of nitrogens with zero attached hydrogens (tertiary/aromatic N) is 1. The molecule has 1 N–H and O–H groups in total. The third kappa shape index (κ3) is 3.69. The smallest absolute Gasteiger partial charge is 0.0214 e. The monoisotopic (exact) mass is 194 g/mol. The number of piperidine rings is 1. The molecule has 80 valence electrons. The van der Waals surface area contributed by atoms with Crippen LogP contribution in [0.5, 0.6) is 0 Å². The molecule has 0 aromatic heterocycles. The zero-order valence-corrected chi connectivity index (χ0v) is 9.64. The van der Waals surface area contributed by atoms with Gasteiger partial charge < -0.3 is 10.2 Å². The van der Waals surface area contributed by atoms with Gasteiger partial charge in [-0.3, -0.25) is 0 Å². The topological polar surface area (TPSA) is 15.3 Å². The highest BCUT2D eigenvalue weighted by atomic mass is 15.1. The van der Waals surface area contributed by atoms with Gasteiger partial charge in [-0.05, 0) is 40.3 Å². The van der Waals surface area contributed by atoms with Gasteiger partial charge in [-0.25, -0.2) is 0 Å². The van der Waals surface area contributed by atoms with Crippen LogP contribution in [-0.2, 0) is 0 Å². The highest BCUT2D eigenvalue weighted by Gasteiger charge is 2.21. The fourth-order valence-corrected chi connectivity index (χ4v) is 1.94. The van der Waals surface area contributed by atoms with E-state index in [1.54, 1.807) is 0 Å². The summed E-state index contributed by atoms with van der Waals surface area (Å²) in [5.41, 5.74) is 0. The molecule has 1 rings (SSSR count). The fraction of sp³-hybridized carbons (Fsp3) is 0.833. The predicted octanol–water partition coefficient (Wildman–Crippen LogP) is 1.47. The first-order valence-corrected chi connectivity index (χ1v) is 5.57. The molecule has 0 amide bonds. The van der Waals surface area contributed by atoms with Crippen LogP contribution in [0.4, 0.5) is 0 Å². The van der Waals surface area contributed by atoms with Crippen LogP contribution in [0.1, 0.15) is 33.1 Å². The normalized spacial score (nSPS) is 28.2. The standard InChI is InChI=1S/C12H22N2/c1-4-5-6-8-13-12-7-9-14(3)11(2)10-12/h11-13H,6-10H2,1-3H3. The first kappa shape index (κ1) is 11.6. The molecule has 2 heteroatoms. The van der Waals surface area contributed by atoms with Crippen molar-refractivity contribution >= 4 is 0 Å². The van der Waals surface area contributed by atoms with Crippen LogP contribution in [0.25, 0.3) is 0 Å². The molecule has 0 aliphatic carbocycles. The van der Waals surface area contributed by atoms with Crippen LogP contribution in [0.15, 0.2) is 0 Å². The molecule has 2 atom stereocenters. The molecule has 1 aliphatic rings. The van der Waals surface area contributed by atoms with Gasteiger partial charge in [0, 0.05) is 25.0 Å². The van der Waals surface area contributed by atoms with Gasteiger partial charge in [0.25, 0.3) is 0 Å². The third-order valence-corrected chi connectivity index (χ3v) is 3.07. The molecule has 2 nitrogen and oxygen atoms in total. The Hall–Kier alpha value is -0.520. The van der Waals surface area contributed by atoms with E-state index in [1.165, 1.54) is 19.4 Å². The van der Waals surface area contributed by atoms with Gasteiger partial charge in [0.1, 0.15) is 0 Å². The summed E-state index contributed by atoms with van der Waals surface area (Å²) in [5, 5.41) is 3.58. The Labute approximate surface area is 88.1 Å². The molecule has 2 unspecified atom stereocenters. The van der Waals surface area contributed by atoms with Gasteiger partial charge in [-0.2, -0.15) is 0 Å². The quantitative estimate of drug-likeness (QED) is 0.541. The second-order valence-electron chi connectivity index (χ2n) is 4.18. The highest BCUT2D eigenvalue weighted by molar-refractivity contribution is 4.95. The lowest BCUT2D eigenvalue weighted by atomic mass is 9.99. The number of likely N-dealkylation sites (tertiary alicyclic amines) is 1.